The zero-order valence-corrected chi connectivity index (χ0v) is 17.8. The van der Waals surface area contributed by atoms with Crippen LogP contribution < -0.4 is 4.90 Å². The van der Waals surface area contributed by atoms with Crippen LogP contribution in [0.2, 0.25) is 5.02 Å². The van der Waals surface area contributed by atoms with E-state index in [0.717, 1.165) is 17.8 Å². The molecule has 31 heavy (non-hydrogen) atoms. The van der Waals surface area contributed by atoms with Gasteiger partial charge in [-0.25, -0.2) is 9.37 Å². The Morgan fingerprint density at radius 1 is 1.19 bits per heavy atom. The summed E-state index contributed by atoms with van der Waals surface area (Å²) in [5, 5.41) is -0.0494. The van der Waals surface area contributed by atoms with Crippen LogP contribution >= 0.6 is 11.6 Å². The van der Waals surface area contributed by atoms with E-state index in [0.29, 0.717) is 45.1 Å². The first-order chi connectivity index (χ1) is 14.7. The predicted octanol–water partition coefficient (Wildman–Crippen LogP) is 4.06. The highest BCUT2D eigenvalue weighted by molar-refractivity contribution is 6.33. The molecule has 5 nitrogen and oxygen atoms in total. The van der Waals surface area contributed by atoms with E-state index in [1.165, 1.54) is 12.1 Å². The molecule has 0 atom stereocenters. The summed E-state index contributed by atoms with van der Waals surface area (Å²) < 4.78 is 51.8. The van der Waals surface area contributed by atoms with Gasteiger partial charge in [0.05, 0.1) is 17.1 Å². The van der Waals surface area contributed by atoms with Crippen molar-refractivity contribution in [2.45, 2.75) is 19.6 Å². The second-order valence-corrected chi connectivity index (χ2v) is 7.74. The number of carbonyl (C=O) groups is 1. The molecule has 0 aliphatic carbocycles. The molecule has 0 saturated carbocycles. The zero-order chi connectivity index (χ0) is 22.6. The second kappa shape index (κ2) is 9.82. The van der Waals surface area contributed by atoms with Crippen LogP contribution in [-0.4, -0.2) is 60.0 Å². The SMILES string of the molecule is CCN(Cc1cccc(F)c1)C(=O)CN1CCN(c2ncc(C(F)(F)F)cc2Cl)CC1. The first-order valence-electron chi connectivity index (χ1n) is 9.89. The van der Waals surface area contributed by atoms with Crippen LogP contribution in [0, 0.1) is 5.82 Å². The van der Waals surface area contributed by atoms with E-state index >= 15 is 0 Å². The van der Waals surface area contributed by atoms with Gasteiger partial charge in [0, 0.05) is 45.5 Å². The van der Waals surface area contributed by atoms with E-state index in [-0.39, 0.29) is 23.3 Å². The molecule has 1 aromatic heterocycles. The molecule has 1 saturated heterocycles. The number of piperazine rings is 1. The molecule has 168 valence electrons. The van der Waals surface area contributed by atoms with Crippen LogP contribution in [-0.2, 0) is 17.5 Å². The lowest BCUT2D eigenvalue weighted by Gasteiger charge is -2.36. The van der Waals surface area contributed by atoms with Crippen LogP contribution in [0.1, 0.15) is 18.1 Å². The zero-order valence-electron chi connectivity index (χ0n) is 17.0. The minimum atomic E-state index is -4.50. The number of halogens is 5. The number of alkyl halides is 3. The summed E-state index contributed by atoms with van der Waals surface area (Å²) in [6, 6.07) is 7.04. The van der Waals surface area contributed by atoms with Crippen LogP contribution in [0.25, 0.3) is 0 Å². The fourth-order valence-corrected chi connectivity index (χ4v) is 3.75. The van der Waals surface area contributed by atoms with Crippen molar-refractivity contribution in [1.82, 2.24) is 14.8 Å². The molecule has 0 bridgehead atoms. The van der Waals surface area contributed by atoms with Crippen LogP contribution in [0.15, 0.2) is 36.5 Å². The number of nitrogens with zero attached hydrogens (tertiary/aromatic N) is 4. The van der Waals surface area contributed by atoms with E-state index in [1.54, 1.807) is 17.0 Å². The number of rotatable bonds is 6. The maximum atomic E-state index is 13.4. The number of hydrogen-bond donors (Lipinski definition) is 0. The van der Waals surface area contributed by atoms with E-state index in [9.17, 15) is 22.4 Å². The average molecular weight is 459 g/mol. The van der Waals surface area contributed by atoms with Gasteiger partial charge in [0.25, 0.3) is 0 Å². The fourth-order valence-electron chi connectivity index (χ4n) is 3.46. The van der Waals surface area contributed by atoms with E-state index in [2.05, 4.69) is 4.98 Å². The lowest BCUT2D eigenvalue weighted by Crippen LogP contribution is -2.50. The maximum absolute atomic E-state index is 13.4. The van der Waals surface area contributed by atoms with E-state index in [1.807, 2.05) is 16.7 Å². The van der Waals surface area contributed by atoms with Gasteiger partial charge in [0.15, 0.2) is 0 Å². The monoisotopic (exact) mass is 458 g/mol. The lowest BCUT2D eigenvalue weighted by molar-refractivity contribution is -0.137. The van der Waals surface area contributed by atoms with Gasteiger partial charge in [0.2, 0.25) is 5.91 Å². The predicted molar refractivity (Wildman–Crippen MR) is 110 cm³/mol. The van der Waals surface area contributed by atoms with Crippen molar-refractivity contribution in [3.8, 4) is 0 Å². The fraction of sp³-hybridized carbons (Fsp3) is 0.429. The number of benzene rings is 1. The van der Waals surface area contributed by atoms with Crippen molar-refractivity contribution in [3.05, 3.63) is 58.5 Å². The van der Waals surface area contributed by atoms with Gasteiger partial charge in [-0.3, -0.25) is 9.69 Å². The van der Waals surface area contributed by atoms with Crippen molar-refractivity contribution in [3.63, 3.8) is 0 Å². The molecule has 1 amide bonds. The van der Waals surface area contributed by atoms with Crippen LogP contribution in [0.4, 0.5) is 23.4 Å². The van der Waals surface area contributed by atoms with Gasteiger partial charge in [-0.15, -0.1) is 0 Å². The summed E-state index contributed by atoms with van der Waals surface area (Å²) in [6.07, 6.45) is -3.71. The summed E-state index contributed by atoms with van der Waals surface area (Å²) >= 11 is 6.03. The molecule has 0 unspecified atom stereocenters. The van der Waals surface area contributed by atoms with Crippen molar-refractivity contribution < 1.29 is 22.4 Å². The molecule has 1 fully saturated rings. The third-order valence-corrected chi connectivity index (χ3v) is 5.45. The molecule has 0 radical (unpaired) electrons. The Morgan fingerprint density at radius 3 is 2.48 bits per heavy atom. The van der Waals surface area contributed by atoms with Crippen LogP contribution in [0.3, 0.4) is 0 Å². The number of carbonyl (C=O) groups excluding carboxylic acids is 1. The van der Waals surface area contributed by atoms with Crippen molar-refractivity contribution >= 4 is 23.3 Å². The van der Waals surface area contributed by atoms with Crippen molar-refractivity contribution in [2.75, 3.05) is 44.2 Å². The third kappa shape index (κ3) is 6.07. The van der Waals surface area contributed by atoms with Gasteiger partial charge < -0.3 is 9.80 Å². The normalized spacial score (nSPS) is 15.2. The summed E-state index contributed by atoms with van der Waals surface area (Å²) in [7, 11) is 0. The Labute approximate surface area is 183 Å². The van der Waals surface area contributed by atoms with Gasteiger partial charge in [-0.2, -0.15) is 13.2 Å². The summed E-state index contributed by atoms with van der Waals surface area (Å²) in [5.74, 6) is -0.0968. The topological polar surface area (TPSA) is 39.7 Å². The summed E-state index contributed by atoms with van der Waals surface area (Å²) in [4.78, 5) is 22.1. The quantitative estimate of drug-likeness (QED) is 0.612. The summed E-state index contributed by atoms with van der Waals surface area (Å²) in [6.45, 7) is 4.98. The number of likely N-dealkylation sites (N-methyl/N-ethyl adjacent to an activating group) is 1. The molecular formula is C21H23ClF4N4O. The van der Waals surface area contributed by atoms with Gasteiger partial charge in [-0.05, 0) is 30.7 Å². The smallest absolute Gasteiger partial charge is 0.353 e. The number of hydrogen-bond acceptors (Lipinski definition) is 4. The van der Waals surface area contributed by atoms with Crippen LogP contribution in [0.5, 0.6) is 0 Å². The molecule has 1 aliphatic rings. The molecule has 10 heteroatoms. The largest absolute Gasteiger partial charge is 0.417 e. The van der Waals surface area contributed by atoms with Crippen molar-refractivity contribution in [2.24, 2.45) is 0 Å². The molecule has 0 N–H and O–H groups in total. The number of anilines is 1. The Hall–Kier alpha value is -2.39. The third-order valence-electron chi connectivity index (χ3n) is 5.18. The molecule has 1 aliphatic heterocycles. The van der Waals surface area contributed by atoms with Gasteiger partial charge >= 0.3 is 6.18 Å². The first kappa shape index (κ1) is 23.3. The minimum Gasteiger partial charge on any atom is -0.353 e. The second-order valence-electron chi connectivity index (χ2n) is 7.33. The standard InChI is InChI=1S/C21H23ClF4N4O/c1-2-29(13-15-4-3-5-17(23)10-15)19(31)14-28-6-8-30(9-7-28)20-18(22)11-16(12-27-20)21(24,25)26/h3-5,10-12H,2,6-9,13-14H2,1H3. The highest BCUT2D eigenvalue weighted by Gasteiger charge is 2.32. The van der Waals surface area contributed by atoms with E-state index in [4.69, 9.17) is 11.6 Å². The number of amides is 1. The van der Waals surface area contributed by atoms with Gasteiger partial charge in [0.1, 0.15) is 11.6 Å². The molecular weight excluding hydrogens is 436 g/mol. The average Bonchev–Trinajstić information content (AvgIpc) is 2.72. The molecule has 2 aromatic rings. The molecule has 3 rings (SSSR count). The lowest BCUT2D eigenvalue weighted by atomic mass is 10.2. The minimum absolute atomic E-state index is 0.0494. The summed E-state index contributed by atoms with van der Waals surface area (Å²) in [5.41, 5.74) is -0.161. The van der Waals surface area contributed by atoms with Crippen molar-refractivity contribution in [1.29, 1.82) is 0 Å². The first-order valence-corrected chi connectivity index (χ1v) is 10.3. The Kier molecular flexibility index (Phi) is 7.38. The Morgan fingerprint density at radius 2 is 1.90 bits per heavy atom. The molecule has 0 spiro atoms. The van der Waals surface area contributed by atoms with Gasteiger partial charge in [-0.1, -0.05) is 23.7 Å². The maximum Gasteiger partial charge on any atom is 0.417 e. The Balaban J connectivity index is 1.55. The Bertz CT molecular complexity index is 916. The molecule has 1 aromatic carbocycles. The highest BCUT2D eigenvalue weighted by Crippen LogP contribution is 2.33. The number of pyridine rings is 1. The van der Waals surface area contributed by atoms with E-state index < -0.39 is 11.7 Å². The highest BCUT2D eigenvalue weighted by atomic mass is 35.5. The molecule has 2 heterocycles. The number of aromatic nitrogens is 1.